The second-order valence-electron chi connectivity index (χ2n) is 3.72. The Morgan fingerprint density at radius 2 is 2.26 bits per heavy atom. The molecule has 0 atom stereocenters. The Morgan fingerprint density at radius 3 is 2.89 bits per heavy atom. The SMILES string of the molecule is N#Cc1ccc(NCCCOCCO)c([N+](=O)[O-])c1. The lowest BCUT2D eigenvalue weighted by molar-refractivity contribution is -0.384. The number of anilines is 1. The monoisotopic (exact) mass is 265 g/mol. The number of aliphatic hydroxyl groups is 1. The second-order valence-corrected chi connectivity index (χ2v) is 3.72. The predicted molar refractivity (Wildman–Crippen MR) is 68.8 cm³/mol. The summed E-state index contributed by atoms with van der Waals surface area (Å²) >= 11 is 0. The van der Waals surface area contributed by atoms with Crippen molar-refractivity contribution >= 4 is 11.4 Å². The van der Waals surface area contributed by atoms with Crippen molar-refractivity contribution in [2.75, 3.05) is 31.7 Å². The van der Waals surface area contributed by atoms with Crippen LogP contribution in [0, 0.1) is 21.4 Å². The Morgan fingerprint density at radius 1 is 1.47 bits per heavy atom. The van der Waals surface area contributed by atoms with Crippen LogP contribution in [0.15, 0.2) is 18.2 Å². The van der Waals surface area contributed by atoms with Crippen LogP contribution < -0.4 is 5.32 Å². The van der Waals surface area contributed by atoms with Crippen molar-refractivity contribution in [2.24, 2.45) is 0 Å². The Hall–Kier alpha value is -2.17. The molecule has 0 spiro atoms. The van der Waals surface area contributed by atoms with E-state index in [0.717, 1.165) is 0 Å². The van der Waals surface area contributed by atoms with Gasteiger partial charge in [0.15, 0.2) is 0 Å². The molecule has 0 heterocycles. The van der Waals surface area contributed by atoms with E-state index in [4.69, 9.17) is 15.1 Å². The number of hydrogen-bond donors (Lipinski definition) is 2. The zero-order valence-corrected chi connectivity index (χ0v) is 10.3. The molecular weight excluding hydrogens is 250 g/mol. The molecule has 0 aliphatic carbocycles. The molecular formula is C12H15N3O4. The average molecular weight is 265 g/mol. The summed E-state index contributed by atoms with van der Waals surface area (Å²) in [6.45, 7) is 1.25. The van der Waals surface area contributed by atoms with E-state index < -0.39 is 4.92 Å². The maximum atomic E-state index is 10.9. The molecule has 1 aromatic rings. The van der Waals surface area contributed by atoms with Crippen LogP contribution in [-0.4, -0.2) is 36.4 Å². The van der Waals surface area contributed by atoms with Crippen molar-refractivity contribution in [3.8, 4) is 6.07 Å². The van der Waals surface area contributed by atoms with Crippen molar-refractivity contribution in [1.82, 2.24) is 0 Å². The van der Waals surface area contributed by atoms with Crippen molar-refractivity contribution in [2.45, 2.75) is 6.42 Å². The molecule has 0 aliphatic rings. The van der Waals surface area contributed by atoms with Crippen LogP contribution in [0.4, 0.5) is 11.4 Å². The number of nitrogens with zero attached hydrogens (tertiary/aromatic N) is 2. The summed E-state index contributed by atoms with van der Waals surface area (Å²) in [5.74, 6) is 0. The first-order chi connectivity index (χ1) is 9.19. The molecule has 0 aromatic heterocycles. The number of nitro benzene ring substituents is 1. The fourth-order valence-corrected chi connectivity index (χ4v) is 1.47. The highest BCUT2D eigenvalue weighted by molar-refractivity contribution is 5.63. The van der Waals surface area contributed by atoms with Crippen LogP contribution in [0.25, 0.3) is 0 Å². The Balaban J connectivity index is 2.53. The van der Waals surface area contributed by atoms with E-state index >= 15 is 0 Å². The van der Waals surface area contributed by atoms with Gasteiger partial charge in [-0.05, 0) is 18.6 Å². The summed E-state index contributed by atoms with van der Waals surface area (Å²) in [6, 6.07) is 6.15. The molecule has 0 aliphatic heterocycles. The lowest BCUT2D eigenvalue weighted by Gasteiger charge is -2.07. The molecule has 0 unspecified atom stereocenters. The number of rotatable bonds is 8. The Kier molecular flexibility index (Phi) is 6.29. The first kappa shape index (κ1) is 14.9. The largest absolute Gasteiger partial charge is 0.394 e. The molecule has 0 saturated heterocycles. The van der Waals surface area contributed by atoms with Gasteiger partial charge in [-0.3, -0.25) is 10.1 Å². The van der Waals surface area contributed by atoms with Crippen molar-refractivity contribution in [3.05, 3.63) is 33.9 Å². The summed E-state index contributed by atoms with van der Waals surface area (Å²) in [5, 5.41) is 31.0. The number of ether oxygens (including phenoxy) is 1. The van der Waals surface area contributed by atoms with Crippen molar-refractivity contribution in [3.63, 3.8) is 0 Å². The zero-order chi connectivity index (χ0) is 14.1. The number of aliphatic hydroxyl groups excluding tert-OH is 1. The first-order valence-electron chi connectivity index (χ1n) is 5.80. The van der Waals surface area contributed by atoms with Crippen molar-refractivity contribution in [1.29, 1.82) is 5.26 Å². The van der Waals surface area contributed by atoms with Gasteiger partial charge in [-0.1, -0.05) is 0 Å². The summed E-state index contributed by atoms with van der Waals surface area (Å²) in [4.78, 5) is 10.3. The van der Waals surface area contributed by atoms with Gasteiger partial charge >= 0.3 is 0 Å². The van der Waals surface area contributed by atoms with Crippen LogP contribution in [0.5, 0.6) is 0 Å². The average Bonchev–Trinajstić information content (AvgIpc) is 2.42. The van der Waals surface area contributed by atoms with E-state index in [0.29, 0.717) is 25.3 Å². The molecule has 19 heavy (non-hydrogen) atoms. The third-order valence-corrected chi connectivity index (χ3v) is 2.34. The molecule has 7 nitrogen and oxygen atoms in total. The number of nitrogens with one attached hydrogen (secondary N) is 1. The van der Waals surface area contributed by atoms with Gasteiger partial charge in [0.2, 0.25) is 0 Å². The van der Waals surface area contributed by atoms with E-state index in [1.165, 1.54) is 18.2 Å². The minimum absolute atomic E-state index is 0.0193. The van der Waals surface area contributed by atoms with Gasteiger partial charge in [0.1, 0.15) is 5.69 Å². The topological polar surface area (TPSA) is 108 Å². The summed E-state index contributed by atoms with van der Waals surface area (Å²) in [6.07, 6.45) is 0.664. The van der Waals surface area contributed by atoms with Gasteiger partial charge < -0.3 is 15.2 Å². The second kappa shape index (κ2) is 8.02. The molecule has 2 N–H and O–H groups in total. The molecule has 102 valence electrons. The predicted octanol–water partition coefficient (Wildman–Crippen LogP) is 1.28. The lowest BCUT2D eigenvalue weighted by Crippen LogP contribution is -2.08. The third-order valence-electron chi connectivity index (χ3n) is 2.34. The van der Waals surface area contributed by atoms with E-state index in [2.05, 4.69) is 5.32 Å². The van der Waals surface area contributed by atoms with Gasteiger partial charge in [-0.15, -0.1) is 0 Å². The Bertz CT molecular complexity index is 471. The quantitative estimate of drug-likeness (QED) is 0.416. The smallest absolute Gasteiger partial charge is 0.293 e. The molecule has 1 rings (SSSR count). The number of nitro groups is 1. The number of nitriles is 1. The van der Waals surface area contributed by atoms with E-state index in [1.54, 1.807) is 0 Å². The van der Waals surface area contributed by atoms with Crippen LogP contribution in [0.3, 0.4) is 0 Å². The van der Waals surface area contributed by atoms with E-state index in [1.807, 2.05) is 6.07 Å². The summed E-state index contributed by atoms with van der Waals surface area (Å²) in [7, 11) is 0. The fraction of sp³-hybridized carbons (Fsp3) is 0.417. The highest BCUT2D eigenvalue weighted by Gasteiger charge is 2.13. The molecule has 1 aromatic carbocycles. The number of benzene rings is 1. The first-order valence-corrected chi connectivity index (χ1v) is 5.80. The maximum Gasteiger partial charge on any atom is 0.293 e. The molecule has 0 radical (unpaired) electrons. The van der Waals surface area contributed by atoms with Gasteiger partial charge in [0.05, 0.1) is 29.8 Å². The highest BCUT2D eigenvalue weighted by atomic mass is 16.6. The molecule has 0 bridgehead atoms. The van der Waals surface area contributed by atoms with Crippen LogP contribution in [0.2, 0.25) is 0 Å². The molecule has 7 heteroatoms. The molecule has 0 fully saturated rings. The minimum atomic E-state index is -0.522. The van der Waals surface area contributed by atoms with Gasteiger partial charge in [-0.25, -0.2) is 0 Å². The lowest BCUT2D eigenvalue weighted by atomic mass is 10.2. The van der Waals surface area contributed by atoms with Crippen molar-refractivity contribution < 1.29 is 14.8 Å². The third kappa shape index (κ3) is 4.91. The van der Waals surface area contributed by atoms with Crippen LogP contribution in [-0.2, 0) is 4.74 Å². The van der Waals surface area contributed by atoms with Gasteiger partial charge in [-0.2, -0.15) is 5.26 Å². The summed E-state index contributed by atoms with van der Waals surface area (Å²) in [5.41, 5.74) is 0.519. The highest BCUT2D eigenvalue weighted by Crippen LogP contribution is 2.25. The Labute approximate surface area is 110 Å². The maximum absolute atomic E-state index is 10.9. The minimum Gasteiger partial charge on any atom is -0.394 e. The zero-order valence-electron chi connectivity index (χ0n) is 10.3. The standard InChI is InChI=1S/C12H15N3O4/c13-9-10-2-3-11(12(8-10)15(17)18)14-4-1-6-19-7-5-16/h2-3,8,14,16H,1,4-7H2. The van der Waals surface area contributed by atoms with E-state index in [9.17, 15) is 10.1 Å². The van der Waals surface area contributed by atoms with Gasteiger partial charge in [0, 0.05) is 19.2 Å². The normalized spacial score (nSPS) is 9.89. The fourth-order valence-electron chi connectivity index (χ4n) is 1.47. The van der Waals surface area contributed by atoms with Gasteiger partial charge in [0.25, 0.3) is 5.69 Å². The van der Waals surface area contributed by atoms with E-state index in [-0.39, 0.29) is 24.5 Å². The summed E-state index contributed by atoms with van der Waals surface area (Å²) < 4.78 is 5.07. The molecule has 0 saturated carbocycles. The number of hydrogen-bond acceptors (Lipinski definition) is 6. The molecule has 0 amide bonds. The van der Waals surface area contributed by atoms with Crippen LogP contribution >= 0.6 is 0 Å². The van der Waals surface area contributed by atoms with Crippen LogP contribution in [0.1, 0.15) is 12.0 Å².